The molecule has 2 aliphatic heterocycles. The van der Waals surface area contributed by atoms with Gasteiger partial charge in [-0.3, -0.25) is 14.4 Å². The van der Waals surface area contributed by atoms with E-state index in [2.05, 4.69) is 21.9 Å². The lowest BCUT2D eigenvalue weighted by molar-refractivity contribution is -0.129. The first-order valence-corrected chi connectivity index (χ1v) is 13.1. The largest absolute Gasteiger partial charge is 0.495 e. The number of benzene rings is 2. The second-order valence-electron chi connectivity index (χ2n) is 9.95. The van der Waals surface area contributed by atoms with Crippen LogP contribution in [-0.2, 0) is 24.3 Å². The molecule has 3 aromatic rings. The molecule has 0 saturated carbocycles. The number of ether oxygens (including phenoxy) is 1. The van der Waals surface area contributed by atoms with Gasteiger partial charge in [0, 0.05) is 76.0 Å². The number of para-hydroxylation sites is 2. The number of fused-ring (bicyclic) bond motifs is 1. The molecule has 198 valence electrons. The topological polar surface area (TPSA) is 97.9 Å². The minimum atomic E-state index is -0.573. The molecule has 38 heavy (non-hydrogen) atoms. The second kappa shape index (κ2) is 11.3. The second-order valence-corrected chi connectivity index (χ2v) is 9.95. The first-order valence-electron chi connectivity index (χ1n) is 13.1. The van der Waals surface area contributed by atoms with Gasteiger partial charge in [-0.25, -0.2) is 0 Å². The number of anilines is 1. The van der Waals surface area contributed by atoms with Crippen molar-refractivity contribution in [2.45, 2.75) is 32.5 Å². The SMILES string of the molecule is COc1ccccc1N1CCN(CC(O)Cn2nc(-c3ccc(C#N)cc3)c3c2CCN(C(C)=O)C3)CC1. The maximum Gasteiger partial charge on any atom is 0.219 e. The summed E-state index contributed by atoms with van der Waals surface area (Å²) in [4.78, 5) is 18.6. The van der Waals surface area contributed by atoms with Crippen molar-refractivity contribution in [1.82, 2.24) is 19.6 Å². The lowest BCUT2D eigenvalue weighted by Gasteiger charge is -2.37. The number of methoxy groups -OCH3 is 1. The highest BCUT2D eigenvalue weighted by atomic mass is 16.5. The van der Waals surface area contributed by atoms with Gasteiger partial charge in [-0.2, -0.15) is 10.4 Å². The molecule has 1 unspecified atom stereocenters. The fraction of sp³-hybridized carbons (Fsp3) is 0.414. The number of piperazine rings is 1. The van der Waals surface area contributed by atoms with E-state index >= 15 is 0 Å². The van der Waals surface area contributed by atoms with Gasteiger partial charge in [0.25, 0.3) is 0 Å². The molecular weight excluding hydrogens is 480 g/mol. The lowest BCUT2D eigenvalue weighted by atomic mass is 10.00. The van der Waals surface area contributed by atoms with Gasteiger partial charge in [-0.05, 0) is 24.3 Å². The Morgan fingerprint density at radius 3 is 2.50 bits per heavy atom. The average molecular weight is 515 g/mol. The molecule has 2 aromatic carbocycles. The van der Waals surface area contributed by atoms with Crippen molar-refractivity contribution in [1.29, 1.82) is 5.26 Å². The summed E-state index contributed by atoms with van der Waals surface area (Å²) in [7, 11) is 1.70. The van der Waals surface area contributed by atoms with Crippen molar-refractivity contribution in [3.8, 4) is 23.1 Å². The molecule has 1 saturated heterocycles. The molecule has 3 heterocycles. The highest BCUT2D eigenvalue weighted by Gasteiger charge is 2.28. The summed E-state index contributed by atoms with van der Waals surface area (Å²) in [5, 5.41) is 25.2. The predicted octanol–water partition coefficient (Wildman–Crippen LogP) is 2.52. The summed E-state index contributed by atoms with van der Waals surface area (Å²) < 4.78 is 7.45. The first-order chi connectivity index (χ1) is 18.5. The highest BCUT2D eigenvalue weighted by Crippen LogP contribution is 2.31. The fourth-order valence-electron chi connectivity index (χ4n) is 5.46. The third-order valence-electron chi connectivity index (χ3n) is 7.52. The molecule has 0 aliphatic carbocycles. The Hall–Kier alpha value is -3.87. The molecule has 0 radical (unpaired) electrons. The molecule has 1 N–H and O–H groups in total. The normalized spacial score (nSPS) is 16.6. The molecule has 9 nitrogen and oxygen atoms in total. The van der Waals surface area contributed by atoms with E-state index in [0.717, 1.165) is 60.1 Å². The number of β-amino-alcohol motifs (C(OH)–C–C–N with tert-alkyl or cyclic N) is 1. The summed E-state index contributed by atoms with van der Waals surface area (Å²) in [5.41, 5.74) is 5.51. The van der Waals surface area contributed by atoms with E-state index in [4.69, 9.17) is 15.1 Å². The molecule has 0 bridgehead atoms. The molecule has 5 rings (SSSR count). The molecule has 1 amide bonds. The number of amides is 1. The zero-order valence-corrected chi connectivity index (χ0v) is 22.0. The van der Waals surface area contributed by atoms with Crippen molar-refractivity contribution in [2.24, 2.45) is 0 Å². The maximum atomic E-state index is 12.1. The van der Waals surface area contributed by atoms with Gasteiger partial charge in [-0.1, -0.05) is 24.3 Å². The van der Waals surface area contributed by atoms with Crippen molar-refractivity contribution in [3.63, 3.8) is 0 Å². The van der Waals surface area contributed by atoms with Crippen LogP contribution in [0.3, 0.4) is 0 Å². The summed E-state index contributed by atoms with van der Waals surface area (Å²) in [6.07, 6.45) is 0.124. The molecule has 1 atom stereocenters. The third-order valence-corrected chi connectivity index (χ3v) is 7.52. The van der Waals surface area contributed by atoms with Crippen LogP contribution in [0.1, 0.15) is 23.7 Å². The van der Waals surface area contributed by atoms with Gasteiger partial charge >= 0.3 is 0 Å². The number of carbonyl (C=O) groups is 1. The number of carbonyl (C=O) groups excluding carboxylic acids is 1. The lowest BCUT2D eigenvalue weighted by Crippen LogP contribution is -2.49. The third kappa shape index (κ3) is 5.37. The molecule has 2 aliphatic rings. The number of aliphatic hydroxyl groups excluding tert-OH is 1. The van der Waals surface area contributed by atoms with Gasteiger partial charge in [0.1, 0.15) is 5.75 Å². The number of hydrogen-bond acceptors (Lipinski definition) is 7. The molecule has 1 aromatic heterocycles. The fourth-order valence-corrected chi connectivity index (χ4v) is 5.46. The van der Waals surface area contributed by atoms with Crippen LogP contribution in [0.5, 0.6) is 5.75 Å². The van der Waals surface area contributed by atoms with Crippen molar-refractivity contribution in [2.75, 3.05) is 51.3 Å². The van der Waals surface area contributed by atoms with Crippen LogP contribution in [-0.4, -0.2) is 83.1 Å². The van der Waals surface area contributed by atoms with Crippen molar-refractivity contribution in [3.05, 3.63) is 65.4 Å². The molecular formula is C29H34N6O3. The van der Waals surface area contributed by atoms with Crippen LogP contribution in [0.2, 0.25) is 0 Å². The van der Waals surface area contributed by atoms with Crippen LogP contribution >= 0.6 is 0 Å². The van der Waals surface area contributed by atoms with E-state index < -0.39 is 6.10 Å². The number of nitriles is 1. The minimum absolute atomic E-state index is 0.0430. The van der Waals surface area contributed by atoms with Crippen molar-refractivity contribution >= 4 is 11.6 Å². The number of aromatic nitrogens is 2. The summed E-state index contributed by atoms with van der Waals surface area (Å²) in [6, 6.07) is 17.6. The smallest absolute Gasteiger partial charge is 0.219 e. The Morgan fingerprint density at radius 1 is 1.08 bits per heavy atom. The summed E-state index contributed by atoms with van der Waals surface area (Å²) in [5.74, 6) is 0.923. The van der Waals surface area contributed by atoms with E-state index in [1.54, 1.807) is 26.2 Å². The number of rotatable bonds is 7. The molecule has 0 spiro atoms. The standard InChI is InChI=1S/C29H34N6O3/c1-21(36)34-12-11-26-25(20-34)29(23-9-7-22(17-30)8-10-23)31-35(26)19-24(37)18-32-13-15-33(16-14-32)27-5-3-4-6-28(27)38-2/h3-10,24,37H,11-16,18-20H2,1-2H3. The van der Waals surface area contributed by atoms with Crippen LogP contribution in [0.15, 0.2) is 48.5 Å². The zero-order valence-electron chi connectivity index (χ0n) is 22.0. The quantitative estimate of drug-likeness (QED) is 0.517. The van der Waals surface area contributed by atoms with Gasteiger partial charge in [0.2, 0.25) is 5.91 Å². The first kappa shape index (κ1) is 25.8. The minimum Gasteiger partial charge on any atom is -0.495 e. The predicted molar refractivity (Wildman–Crippen MR) is 145 cm³/mol. The zero-order chi connectivity index (χ0) is 26.6. The Labute approximate surface area is 223 Å². The van der Waals surface area contributed by atoms with E-state index in [-0.39, 0.29) is 5.91 Å². The van der Waals surface area contributed by atoms with E-state index in [0.29, 0.717) is 38.2 Å². The maximum absolute atomic E-state index is 12.1. The average Bonchev–Trinajstić information content (AvgIpc) is 3.30. The van der Waals surface area contributed by atoms with Gasteiger partial charge < -0.3 is 19.6 Å². The van der Waals surface area contributed by atoms with Crippen LogP contribution in [0.25, 0.3) is 11.3 Å². The Morgan fingerprint density at radius 2 is 1.82 bits per heavy atom. The van der Waals surface area contributed by atoms with E-state index in [9.17, 15) is 9.90 Å². The van der Waals surface area contributed by atoms with Gasteiger partial charge in [0.15, 0.2) is 0 Å². The molecule has 1 fully saturated rings. The number of hydrogen-bond donors (Lipinski definition) is 1. The van der Waals surface area contributed by atoms with Crippen LogP contribution in [0, 0.1) is 11.3 Å². The molecule has 9 heteroatoms. The monoisotopic (exact) mass is 514 g/mol. The van der Waals surface area contributed by atoms with Crippen LogP contribution in [0.4, 0.5) is 5.69 Å². The van der Waals surface area contributed by atoms with Gasteiger partial charge in [-0.15, -0.1) is 0 Å². The van der Waals surface area contributed by atoms with E-state index in [1.165, 1.54) is 0 Å². The Bertz CT molecular complexity index is 1320. The highest BCUT2D eigenvalue weighted by molar-refractivity contribution is 5.74. The van der Waals surface area contributed by atoms with E-state index in [1.807, 2.05) is 39.9 Å². The number of nitrogens with zero attached hydrogens (tertiary/aromatic N) is 6. The Balaban J connectivity index is 1.28. The van der Waals surface area contributed by atoms with Crippen LogP contribution < -0.4 is 9.64 Å². The summed E-state index contributed by atoms with van der Waals surface area (Å²) in [6.45, 7) is 7.15. The Kier molecular flexibility index (Phi) is 7.63. The van der Waals surface area contributed by atoms with Crippen molar-refractivity contribution < 1.29 is 14.6 Å². The van der Waals surface area contributed by atoms with Gasteiger partial charge in [0.05, 0.1) is 42.8 Å². The summed E-state index contributed by atoms with van der Waals surface area (Å²) >= 11 is 0. The number of aliphatic hydroxyl groups is 1.